The second kappa shape index (κ2) is 6.73. The van der Waals surface area contributed by atoms with Gasteiger partial charge in [0.2, 0.25) is 0 Å². The SMILES string of the molecule is CCNC1CCCC1CN1CCC(c2ccccc2)C1. The largest absolute Gasteiger partial charge is 0.314 e. The molecule has 0 radical (unpaired) electrons. The van der Waals surface area contributed by atoms with Gasteiger partial charge in [-0.25, -0.2) is 0 Å². The van der Waals surface area contributed by atoms with E-state index in [0.717, 1.165) is 24.4 Å². The van der Waals surface area contributed by atoms with Crippen LogP contribution in [0.1, 0.15) is 44.1 Å². The van der Waals surface area contributed by atoms with Crippen LogP contribution < -0.4 is 5.32 Å². The van der Waals surface area contributed by atoms with Crippen molar-refractivity contribution in [3.63, 3.8) is 0 Å². The normalized spacial score (nSPS) is 30.9. The van der Waals surface area contributed by atoms with Crippen LogP contribution in [0.2, 0.25) is 0 Å². The number of hydrogen-bond acceptors (Lipinski definition) is 2. The molecule has 110 valence electrons. The summed E-state index contributed by atoms with van der Waals surface area (Å²) in [6, 6.07) is 11.8. The van der Waals surface area contributed by atoms with Crippen LogP contribution in [-0.4, -0.2) is 37.1 Å². The van der Waals surface area contributed by atoms with Crippen molar-refractivity contribution in [2.45, 2.75) is 44.6 Å². The van der Waals surface area contributed by atoms with Gasteiger partial charge in [0.25, 0.3) is 0 Å². The molecule has 1 heterocycles. The molecule has 1 saturated carbocycles. The van der Waals surface area contributed by atoms with Gasteiger partial charge in [-0.05, 0) is 49.8 Å². The van der Waals surface area contributed by atoms with Crippen molar-refractivity contribution in [1.82, 2.24) is 10.2 Å². The van der Waals surface area contributed by atoms with Gasteiger partial charge in [-0.1, -0.05) is 43.7 Å². The molecule has 1 saturated heterocycles. The average Bonchev–Trinajstić information content (AvgIpc) is 3.11. The summed E-state index contributed by atoms with van der Waals surface area (Å²) in [6.45, 7) is 7.21. The van der Waals surface area contributed by atoms with Crippen LogP contribution in [-0.2, 0) is 0 Å². The van der Waals surface area contributed by atoms with Gasteiger partial charge in [0.05, 0.1) is 0 Å². The van der Waals surface area contributed by atoms with Crippen molar-refractivity contribution >= 4 is 0 Å². The topological polar surface area (TPSA) is 15.3 Å². The third kappa shape index (κ3) is 3.24. The standard InChI is InChI=1S/C18H28N2/c1-2-19-18-10-6-9-17(18)14-20-12-11-16(13-20)15-7-4-3-5-8-15/h3-5,7-8,16-19H,2,6,9-14H2,1H3. The molecule has 0 spiro atoms. The van der Waals surface area contributed by atoms with E-state index in [1.54, 1.807) is 0 Å². The van der Waals surface area contributed by atoms with Crippen molar-refractivity contribution in [3.05, 3.63) is 35.9 Å². The number of rotatable bonds is 5. The van der Waals surface area contributed by atoms with Gasteiger partial charge in [0, 0.05) is 19.1 Å². The van der Waals surface area contributed by atoms with Crippen LogP contribution in [0.15, 0.2) is 30.3 Å². The smallest absolute Gasteiger partial charge is 0.0107 e. The first-order chi connectivity index (χ1) is 9.86. The Kier molecular flexibility index (Phi) is 4.74. The Morgan fingerprint density at radius 2 is 2.00 bits per heavy atom. The quantitative estimate of drug-likeness (QED) is 0.885. The zero-order valence-corrected chi connectivity index (χ0v) is 12.7. The maximum absolute atomic E-state index is 3.68. The van der Waals surface area contributed by atoms with Gasteiger partial charge < -0.3 is 10.2 Å². The van der Waals surface area contributed by atoms with Crippen molar-refractivity contribution < 1.29 is 0 Å². The molecule has 2 nitrogen and oxygen atoms in total. The van der Waals surface area contributed by atoms with Crippen LogP contribution in [0.4, 0.5) is 0 Å². The summed E-state index contributed by atoms with van der Waals surface area (Å²) in [5.74, 6) is 1.64. The summed E-state index contributed by atoms with van der Waals surface area (Å²) >= 11 is 0. The molecule has 0 bridgehead atoms. The predicted molar refractivity (Wildman–Crippen MR) is 85.0 cm³/mol. The fraction of sp³-hybridized carbons (Fsp3) is 0.667. The lowest BCUT2D eigenvalue weighted by Gasteiger charge is -2.26. The van der Waals surface area contributed by atoms with E-state index in [0.29, 0.717) is 0 Å². The van der Waals surface area contributed by atoms with E-state index in [1.165, 1.54) is 50.9 Å². The lowest BCUT2D eigenvalue weighted by atomic mass is 9.98. The number of hydrogen-bond donors (Lipinski definition) is 1. The first kappa shape index (κ1) is 14.1. The van der Waals surface area contributed by atoms with E-state index >= 15 is 0 Å². The van der Waals surface area contributed by atoms with Gasteiger partial charge in [0.1, 0.15) is 0 Å². The van der Waals surface area contributed by atoms with E-state index in [1.807, 2.05) is 0 Å². The summed E-state index contributed by atoms with van der Waals surface area (Å²) in [6.07, 6.45) is 5.56. The molecular weight excluding hydrogens is 244 g/mol. The first-order valence-electron chi connectivity index (χ1n) is 8.37. The highest BCUT2D eigenvalue weighted by atomic mass is 15.2. The highest BCUT2D eigenvalue weighted by Crippen LogP contribution is 2.31. The Morgan fingerprint density at radius 3 is 2.80 bits per heavy atom. The molecule has 3 atom stereocenters. The van der Waals surface area contributed by atoms with Crippen LogP contribution in [0.25, 0.3) is 0 Å². The Morgan fingerprint density at radius 1 is 1.15 bits per heavy atom. The fourth-order valence-corrected chi connectivity index (χ4v) is 4.11. The highest BCUT2D eigenvalue weighted by molar-refractivity contribution is 5.21. The maximum atomic E-state index is 3.68. The van der Waals surface area contributed by atoms with Crippen LogP contribution in [0.5, 0.6) is 0 Å². The monoisotopic (exact) mass is 272 g/mol. The molecule has 1 aliphatic heterocycles. The van der Waals surface area contributed by atoms with Crippen LogP contribution in [0.3, 0.4) is 0 Å². The van der Waals surface area contributed by atoms with E-state index in [2.05, 4.69) is 47.5 Å². The molecule has 1 aliphatic carbocycles. The van der Waals surface area contributed by atoms with E-state index < -0.39 is 0 Å². The van der Waals surface area contributed by atoms with Gasteiger partial charge in [-0.3, -0.25) is 0 Å². The zero-order chi connectivity index (χ0) is 13.8. The molecule has 2 fully saturated rings. The van der Waals surface area contributed by atoms with Crippen LogP contribution >= 0.6 is 0 Å². The Bertz CT molecular complexity index is 403. The Balaban J connectivity index is 1.53. The third-order valence-corrected chi connectivity index (χ3v) is 5.16. The summed E-state index contributed by atoms with van der Waals surface area (Å²) < 4.78 is 0. The molecule has 2 heteroatoms. The Labute approximate surface area is 123 Å². The van der Waals surface area contributed by atoms with Gasteiger partial charge in [-0.15, -0.1) is 0 Å². The molecule has 1 aromatic rings. The van der Waals surface area contributed by atoms with Gasteiger partial charge >= 0.3 is 0 Å². The number of nitrogens with zero attached hydrogens (tertiary/aromatic N) is 1. The molecule has 1 N–H and O–H groups in total. The molecule has 2 aliphatic rings. The zero-order valence-electron chi connectivity index (χ0n) is 12.7. The first-order valence-corrected chi connectivity index (χ1v) is 8.37. The molecule has 0 aromatic heterocycles. The molecule has 3 unspecified atom stereocenters. The molecule has 20 heavy (non-hydrogen) atoms. The molecule has 0 amide bonds. The minimum Gasteiger partial charge on any atom is -0.314 e. The summed E-state index contributed by atoms with van der Waals surface area (Å²) in [4.78, 5) is 2.71. The maximum Gasteiger partial charge on any atom is 0.0107 e. The van der Waals surface area contributed by atoms with Crippen molar-refractivity contribution in [2.75, 3.05) is 26.2 Å². The summed E-state index contributed by atoms with van der Waals surface area (Å²) in [5.41, 5.74) is 1.53. The average molecular weight is 272 g/mol. The number of benzene rings is 1. The van der Waals surface area contributed by atoms with E-state index in [9.17, 15) is 0 Å². The van der Waals surface area contributed by atoms with Crippen molar-refractivity contribution in [3.8, 4) is 0 Å². The van der Waals surface area contributed by atoms with E-state index in [-0.39, 0.29) is 0 Å². The molecular formula is C18H28N2. The van der Waals surface area contributed by atoms with Gasteiger partial charge in [-0.2, -0.15) is 0 Å². The Hall–Kier alpha value is -0.860. The molecule has 1 aromatic carbocycles. The summed E-state index contributed by atoms with van der Waals surface area (Å²) in [5, 5.41) is 3.68. The van der Waals surface area contributed by atoms with Crippen molar-refractivity contribution in [1.29, 1.82) is 0 Å². The van der Waals surface area contributed by atoms with Crippen LogP contribution in [0, 0.1) is 5.92 Å². The highest BCUT2D eigenvalue weighted by Gasteiger charge is 2.31. The number of nitrogens with one attached hydrogen (secondary N) is 1. The summed E-state index contributed by atoms with van der Waals surface area (Å²) in [7, 11) is 0. The fourth-order valence-electron chi connectivity index (χ4n) is 4.11. The number of likely N-dealkylation sites (tertiary alicyclic amines) is 1. The van der Waals surface area contributed by atoms with Gasteiger partial charge in [0.15, 0.2) is 0 Å². The minimum absolute atomic E-state index is 0.759. The second-order valence-corrected chi connectivity index (χ2v) is 6.51. The van der Waals surface area contributed by atoms with E-state index in [4.69, 9.17) is 0 Å². The molecule has 3 rings (SSSR count). The predicted octanol–water partition coefficient (Wildman–Crippen LogP) is 3.25. The van der Waals surface area contributed by atoms with Crippen molar-refractivity contribution in [2.24, 2.45) is 5.92 Å². The second-order valence-electron chi connectivity index (χ2n) is 6.51. The third-order valence-electron chi connectivity index (χ3n) is 5.16. The lowest BCUT2D eigenvalue weighted by Crippen LogP contribution is -2.38. The lowest BCUT2D eigenvalue weighted by molar-refractivity contribution is 0.250. The minimum atomic E-state index is 0.759.